The van der Waals surface area contributed by atoms with Gasteiger partial charge in [0.25, 0.3) is 0 Å². The van der Waals surface area contributed by atoms with Gasteiger partial charge < -0.3 is 0 Å². The van der Waals surface area contributed by atoms with Gasteiger partial charge in [-0.3, -0.25) is 9.79 Å². The molecule has 0 aromatic heterocycles. The number of aliphatic imine (C=N–C) groups is 2. The first-order chi connectivity index (χ1) is 4.88. The number of hydrogen-bond donors (Lipinski definition) is 0. The molecule has 2 aliphatic rings. The minimum atomic E-state index is 0.00463. The van der Waals surface area contributed by atoms with E-state index in [2.05, 4.69) is 9.98 Å². The molecule has 1 fully saturated rings. The zero-order valence-corrected chi connectivity index (χ0v) is 5.53. The lowest BCUT2D eigenvalue weighted by atomic mass is 10.0. The summed E-state index contributed by atoms with van der Waals surface area (Å²) in [6.07, 6.45) is 4.84. The van der Waals surface area contributed by atoms with Crippen molar-refractivity contribution in [3.8, 4) is 0 Å². The minimum absolute atomic E-state index is 0.00463. The van der Waals surface area contributed by atoms with E-state index in [-0.39, 0.29) is 12.0 Å². The second-order valence-electron chi connectivity index (χ2n) is 2.66. The van der Waals surface area contributed by atoms with E-state index in [9.17, 15) is 4.79 Å². The van der Waals surface area contributed by atoms with E-state index in [1.54, 1.807) is 12.6 Å². The molecule has 0 aromatic carbocycles. The van der Waals surface area contributed by atoms with Crippen molar-refractivity contribution >= 4 is 18.3 Å². The van der Waals surface area contributed by atoms with E-state index in [1.807, 2.05) is 0 Å². The number of Topliss-reactive ketones (excluding diaryl/α,β-unsaturated/α-hetero) is 1. The van der Waals surface area contributed by atoms with E-state index < -0.39 is 0 Å². The maximum Gasteiger partial charge on any atom is 0.143 e. The van der Waals surface area contributed by atoms with Gasteiger partial charge in [0, 0.05) is 12.6 Å². The SMILES string of the molecule is O=C1CC[C@H]2N=CN=C[C@@H]12. The third kappa shape index (κ3) is 0.701. The maximum atomic E-state index is 11.0. The summed E-state index contributed by atoms with van der Waals surface area (Å²) in [5.41, 5.74) is 0. The molecule has 1 saturated carbocycles. The lowest BCUT2D eigenvalue weighted by Crippen LogP contribution is -2.21. The Hall–Kier alpha value is -0.990. The summed E-state index contributed by atoms with van der Waals surface area (Å²) in [6.45, 7) is 0. The van der Waals surface area contributed by atoms with Crippen LogP contribution in [0.5, 0.6) is 0 Å². The van der Waals surface area contributed by atoms with E-state index >= 15 is 0 Å². The third-order valence-electron chi connectivity index (χ3n) is 2.04. The summed E-state index contributed by atoms with van der Waals surface area (Å²) >= 11 is 0. The molecule has 1 heterocycles. The monoisotopic (exact) mass is 136 g/mol. The van der Waals surface area contributed by atoms with E-state index in [0.717, 1.165) is 6.42 Å². The molecule has 2 rings (SSSR count). The van der Waals surface area contributed by atoms with Crippen molar-refractivity contribution in [2.24, 2.45) is 15.9 Å². The smallest absolute Gasteiger partial charge is 0.143 e. The van der Waals surface area contributed by atoms with Crippen LogP contribution < -0.4 is 0 Å². The first-order valence-electron chi connectivity index (χ1n) is 3.45. The number of carbonyl (C=O) groups is 1. The Morgan fingerprint density at radius 2 is 2.50 bits per heavy atom. The second kappa shape index (κ2) is 2.01. The van der Waals surface area contributed by atoms with Crippen LogP contribution in [0.15, 0.2) is 9.98 Å². The molecule has 10 heavy (non-hydrogen) atoms. The van der Waals surface area contributed by atoms with Crippen molar-refractivity contribution in [1.29, 1.82) is 0 Å². The highest BCUT2D eigenvalue weighted by atomic mass is 16.1. The van der Waals surface area contributed by atoms with Crippen LogP contribution in [0, 0.1) is 5.92 Å². The van der Waals surface area contributed by atoms with Crippen LogP contribution in [0.3, 0.4) is 0 Å². The zero-order chi connectivity index (χ0) is 6.97. The number of rotatable bonds is 0. The topological polar surface area (TPSA) is 41.8 Å². The van der Waals surface area contributed by atoms with E-state index in [0.29, 0.717) is 12.2 Å². The Morgan fingerprint density at radius 1 is 1.60 bits per heavy atom. The van der Waals surface area contributed by atoms with Gasteiger partial charge in [0.2, 0.25) is 0 Å². The summed E-state index contributed by atoms with van der Waals surface area (Å²) in [6, 6.07) is 0.213. The second-order valence-corrected chi connectivity index (χ2v) is 2.66. The maximum absolute atomic E-state index is 11.0. The number of ketones is 1. The van der Waals surface area contributed by atoms with Crippen LogP contribution >= 0.6 is 0 Å². The Balaban J connectivity index is 2.27. The largest absolute Gasteiger partial charge is 0.299 e. The molecule has 0 saturated heterocycles. The van der Waals surface area contributed by atoms with Gasteiger partial charge in [-0.15, -0.1) is 0 Å². The van der Waals surface area contributed by atoms with Gasteiger partial charge in [-0.25, -0.2) is 4.99 Å². The zero-order valence-electron chi connectivity index (χ0n) is 5.53. The van der Waals surface area contributed by atoms with Crippen molar-refractivity contribution < 1.29 is 4.79 Å². The van der Waals surface area contributed by atoms with Crippen LogP contribution in [0.4, 0.5) is 0 Å². The molecule has 1 aliphatic heterocycles. The molecule has 0 unspecified atom stereocenters. The molecule has 0 aromatic rings. The van der Waals surface area contributed by atoms with Crippen molar-refractivity contribution in [2.75, 3.05) is 0 Å². The van der Waals surface area contributed by atoms with Gasteiger partial charge in [0.05, 0.1) is 12.0 Å². The normalized spacial score (nSPS) is 36.6. The Morgan fingerprint density at radius 3 is 3.30 bits per heavy atom. The number of carbonyl (C=O) groups excluding carboxylic acids is 1. The Bertz CT molecular complexity index is 220. The van der Waals surface area contributed by atoms with E-state index in [1.165, 1.54) is 0 Å². The van der Waals surface area contributed by atoms with Crippen LogP contribution in [-0.2, 0) is 4.79 Å². The standard InChI is InChI=1S/C7H8N2O/c10-7-2-1-6-5(7)3-8-4-9-6/h3-6H,1-2H2/t5-,6-/m1/s1. The van der Waals surface area contributed by atoms with Crippen LogP contribution in [0.1, 0.15) is 12.8 Å². The molecule has 52 valence electrons. The average molecular weight is 136 g/mol. The predicted octanol–water partition coefficient (Wildman–Crippen LogP) is 0.447. The molecule has 3 heteroatoms. The highest BCUT2D eigenvalue weighted by molar-refractivity contribution is 6.00. The molecule has 0 amide bonds. The molecule has 2 atom stereocenters. The van der Waals surface area contributed by atoms with Gasteiger partial charge in [0.15, 0.2) is 0 Å². The number of nitrogens with zero attached hydrogens (tertiary/aromatic N) is 2. The van der Waals surface area contributed by atoms with Crippen molar-refractivity contribution in [2.45, 2.75) is 18.9 Å². The summed E-state index contributed by atoms with van der Waals surface area (Å²) in [4.78, 5) is 19.0. The van der Waals surface area contributed by atoms with Gasteiger partial charge in [-0.2, -0.15) is 0 Å². The molecule has 0 radical (unpaired) electrons. The molecule has 0 spiro atoms. The van der Waals surface area contributed by atoms with Gasteiger partial charge in [-0.1, -0.05) is 0 Å². The quantitative estimate of drug-likeness (QED) is 0.476. The minimum Gasteiger partial charge on any atom is -0.299 e. The first-order valence-corrected chi connectivity index (χ1v) is 3.45. The number of hydrogen-bond acceptors (Lipinski definition) is 3. The Labute approximate surface area is 58.9 Å². The molecular formula is C7H8N2O. The van der Waals surface area contributed by atoms with Gasteiger partial charge in [0.1, 0.15) is 12.1 Å². The fourth-order valence-corrected chi connectivity index (χ4v) is 1.46. The summed E-state index contributed by atoms with van der Waals surface area (Å²) in [7, 11) is 0. The summed E-state index contributed by atoms with van der Waals surface area (Å²) in [5.74, 6) is 0.301. The molecule has 1 aliphatic carbocycles. The molecule has 0 bridgehead atoms. The average Bonchev–Trinajstić information content (AvgIpc) is 2.34. The molecular weight excluding hydrogens is 128 g/mol. The van der Waals surface area contributed by atoms with Gasteiger partial charge >= 0.3 is 0 Å². The van der Waals surface area contributed by atoms with E-state index in [4.69, 9.17) is 0 Å². The predicted molar refractivity (Wildman–Crippen MR) is 38.5 cm³/mol. The third-order valence-corrected chi connectivity index (χ3v) is 2.04. The van der Waals surface area contributed by atoms with Gasteiger partial charge in [-0.05, 0) is 6.42 Å². The van der Waals surface area contributed by atoms with Crippen molar-refractivity contribution in [3.05, 3.63) is 0 Å². The van der Waals surface area contributed by atoms with Crippen molar-refractivity contribution in [1.82, 2.24) is 0 Å². The van der Waals surface area contributed by atoms with Crippen LogP contribution in [0.2, 0.25) is 0 Å². The molecule has 0 N–H and O–H groups in total. The lowest BCUT2D eigenvalue weighted by molar-refractivity contribution is -0.119. The highest BCUT2D eigenvalue weighted by Gasteiger charge is 2.33. The first kappa shape index (κ1) is 5.77. The fourth-order valence-electron chi connectivity index (χ4n) is 1.46. The Kier molecular flexibility index (Phi) is 1.16. The molecule has 3 nitrogen and oxygen atoms in total. The van der Waals surface area contributed by atoms with Crippen LogP contribution in [0.25, 0.3) is 0 Å². The summed E-state index contributed by atoms with van der Waals surface area (Å²) < 4.78 is 0. The summed E-state index contributed by atoms with van der Waals surface area (Å²) in [5, 5.41) is 0. The van der Waals surface area contributed by atoms with Crippen molar-refractivity contribution in [3.63, 3.8) is 0 Å². The number of fused-ring (bicyclic) bond motifs is 1. The fraction of sp³-hybridized carbons (Fsp3) is 0.571. The lowest BCUT2D eigenvalue weighted by Gasteiger charge is -2.10. The highest BCUT2D eigenvalue weighted by Crippen LogP contribution is 2.24. The van der Waals surface area contributed by atoms with Crippen LogP contribution in [-0.4, -0.2) is 24.4 Å².